The quantitative estimate of drug-likeness (QED) is 0.856. The zero-order valence-electron chi connectivity index (χ0n) is 11.8. The average molecular weight is 340 g/mol. The molecule has 0 radical (unpaired) electrons. The molecule has 0 bridgehead atoms. The van der Waals surface area contributed by atoms with E-state index in [2.05, 4.69) is 26.2 Å². The van der Waals surface area contributed by atoms with E-state index in [-0.39, 0.29) is 24.3 Å². The Bertz CT molecular complexity index is 547. The minimum Gasteiger partial charge on any atom is -0.358 e. The van der Waals surface area contributed by atoms with Crippen molar-refractivity contribution in [3.8, 4) is 0 Å². The van der Waals surface area contributed by atoms with Crippen molar-refractivity contribution in [3.05, 3.63) is 22.3 Å². The summed E-state index contributed by atoms with van der Waals surface area (Å²) in [6, 6.07) is 1.35. The Balaban J connectivity index is 2.15. The summed E-state index contributed by atoms with van der Waals surface area (Å²) in [5.41, 5.74) is 0.932. The predicted octanol–water partition coefficient (Wildman–Crippen LogP) is 2.49. The molecule has 5 nitrogen and oxygen atoms in total. The van der Waals surface area contributed by atoms with Gasteiger partial charge >= 0.3 is 0 Å². The van der Waals surface area contributed by atoms with Gasteiger partial charge in [0.1, 0.15) is 11.9 Å². The molecule has 0 aromatic carbocycles. The second-order valence-corrected chi connectivity index (χ2v) is 6.00. The number of amides is 2. The molecule has 1 aromatic rings. The van der Waals surface area contributed by atoms with Crippen LogP contribution in [0.1, 0.15) is 32.3 Å². The van der Waals surface area contributed by atoms with E-state index in [1.807, 2.05) is 26.8 Å². The zero-order valence-corrected chi connectivity index (χ0v) is 13.4. The number of aryl methyl sites for hydroxylation is 1. The van der Waals surface area contributed by atoms with Crippen LogP contribution < -0.4 is 5.32 Å². The van der Waals surface area contributed by atoms with Crippen LogP contribution in [0, 0.1) is 6.92 Å². The largest absolute Gasteiger partial charge is 0.358 e. The fraction of sp³-hybridized carbons (Fsp3) is 0.500. The van der Waals surface area contributed by atoms with E-state index in [0.717, 1.165) is 16.5 Å². The van der Waals surface area contributed by atoms with E-state index in [0.29, 0.717) is 5.82 Å². The second-order valence-electron chi connectivity index (χ2n) is 5.08. The molecule has 1 fully saturated rings. The van der Waals surface area contributed by atoms with Crippen molar-refractivity contribution in [2.45, 2.75) is 45.7 Å². The van der Waals surface area contributed by atoms with Crippen molar-refractivity contribution >= 4 is 33.6 Å². The molecular formula is C14H18BrN3O2. The van der Waals surface area contributed by atoms with Crippen LogP contribution in [0.2, 0.25) is 0 Å². The summed E-state index contributed by atoms with van der Waals surface area (Å²) in [5, 5.41) is 3.08. The van der Waals surface area contributed by atoms with Gasteiger partial charge in [-0.15, -0.1) is 0 Å². The lowest BCUT2D eigenvalue weighted by molar-refractivity contribution is -0.140. The summed E-state index contributed by atoms with van der Waals surface area (Å²) < 4.78 is 0.885. The number of aromatic nitrogens is 1. The molecule has 1 saturated heterocycles. The number of nitrogens with zero attached hydrogens (tertiary/aromatic N) is 2. The molecule has 2 amide bonds. The van der Waals surface area contributed by atoms with Gasteiger partial charge in [0.2, 0.25) is 5.91 Å². The van der Waals surface area contributed by atoms with Crippen molar-refractivity contribution < 1.29 is 9.59 Å². The van der Waals surface area contributed by atoms with Crippen molar-refractivity contribution in [3.63, 3.8) is 0 Å². The fourth-order valence-electron chi connectivity index (χ4n) is 2.27. The highest BCUT2D eigenvalue weighted by Gasteiger charge is 2.40. The van der Waals surface area contributed by atoms with Crippen LogP contribution in [0.25, 0.3) is 0 Å². The molecule has 2 unspecified atom stereocenters. The van der Waals surface area contributed by atoms with E-state index < -0.39 is 6.04 Å². The molecule has 0 spiro atoms. The Morgan fingerprint density at radius 1 is 1.55 bits per heavy atom. The van der Waals surface area contributed by atoms with E-state index in [9.17, 15) is 9.59 Å². The van der Waals surface area contributed by atoms with Gasteiger partial charge < -0.3 is 5.32 Å². The Morgan fingerprint density at radius 3 is 2.85 bits per heavy atom. The van der Waals surface area contributed by atoms with Gasteiger partial charge in [0.05, 0.1) is 6.42 Å². The lowest BCUT2D eigenvalue weighted by Gasteiger charge is -2.22. The summed E-state index contributed by atoms with van der Waals surface area (Å²) in [5.74, 6) is 0.371. The third kappa shape index (κ3) is 2.85. The molecule has 1 aliphatic heterocycles. The third-order valence-electron chi connectivity index (χ3n) is 3.57. The molecule has 108 valence electrons. The average Bonchev–Trinajstić information content (AvgIpc) is 2.67. The number of rotatable bonds is 4. The van der Waals surface area contributed by atoms with E-state index in [4.69, 9.17) is 0 Å². The highest BCUT2D eigenvalue weighted by Crippen LogP contribution is 2.23. The lowest BCUT2D eigenvalue weighted by Crippen LogP contribution is -2.40. The summed E-state index contributed by atoms with van der Waals surface area (Å²) in [4.78, 5) is 29.9. The standard InChI is InChI=1S/C14H18BrN3O2/c1-4-9(3)18-12(19)6-11(14(18)20)17-13-8(2)5-10(15)7-16-13/h5,7,9,11H,4,6H2,1-3H3,(H,16,17). The number of hydrogen-bond donors (Lipinski definition) is 1. The van der Waals surface area contributed by atoms with Crippen LogP contribution in [0.4, 0.5) is 5.82 Å². The van der Waals surface area contributed by atoms with Gasteiger partial charge in [-0.25, -0.2) is 4.98 Å². The maximum absolute atomic E-state index is 12.3. The minimum absolute atomic E-state index is 0.0548. The Labute approximate surface area is 126 Å². The lowest BCUT2D eigenvalue weighted by atomic mass is 10.2. The number of hydrogen-bond acceptors (Lipinski definition) is 4. The normalized spacial score (nSPS) is 20.4. The Morgan fingerprint density at radius 2 is 2.25 bits per heavy atom. The molecule has 1 aromatic heterocycles. The van der Waals surface area contributed by atoms with Crippen molar-refractivity contribution in [1.82, 2.24) is 9.88 Å². The van der Waals surface area contributed by atoms with Crippen LogP contribution >= 0.6 is 15.9 Å². The summed E-state index contributed by atoms with van der Waals surface area (Å²) in [7, 11) is 0. The first kappa shape index (κ1) is 15.0. The molecule has 1 N–H and O–H groups in total. The maximum atomic E-state index is 12.3. The van der Waals surface area contributed by atoms with Crippen molar-refractivity contribution in [1.29, 1.82) is 0 Å². The second kappa shape index (κ2) is 5.91. The van der Waals surface area contributed by atoms with E-state index in [1.165, 1.54) is 4.90 Å². The van der Waals surface area contributed by atoms with Gasteiger partial charge in [0.15, 0.2) is 0 Å². The third-order valence-corrected chi connectivity index (χ3v) is 4.00. The summed E-state index contributed by atoms with van der Waals surface area (Å²) in [6.07, 6.45) is 2.63. The molecule has 20 heavy (non-hydrogen) atoms. The molecule has 0 aliphatic carbocycles. The van der Waals surface area contributed by atoms with Gasteiger partial charge in [0, 0.05) is 16.7 Å². The van der Waals surface area contributed by atoms with E-state index in [1.54, 1.807) is 6.20 Å². The first-order valence-electron chi connectivity index (χ1n) is 6.68. The number of nitrogens with one attached hydrogen (secondary N) is 1. The molecule has 6 heteroatoms. The van der Waals surface area contributed by atoms with Crippen LogP contribution in [-0.4, -0.2) is 33.8 Å². The number of imide groups is 1. The molecule has 0 saturated carbocycles. The highest BCUT2D eigenvalue weighted by atomic mass is 79.9. The summed E-state index contributed by atoms with van der Waals surface area (Å²) in [6.45, 7) is 5.77. The summed E-state index contributed by atoms with van der Waals surface area (Å²) >= 11 is 3.35. The van der Waals surface area contributed by atoms with Crippen LogP contribution in [0.3, 0.4) is 0 Å². The monoisotopic (exact) mass is 339 g/mol. The van der Waals surface area contributed by atoms with E-state index >= 15 is 0 Å². The zero-order chi connectivity index (χ0) is 14.9. The first-order valence-corrected chi connectivity index (χ1v) is 7.48. The number of halogens is 1. The van der Waals surface area contributed by atoms with Gasteiger partial charge in [-0.3, -0.25) is 14.5 Å². The number of anilines is 1. The van der Waals surface area contributed by atoms with Gasteiger partial charge in [0.25, 0.3) is 5.91 Å². The topological polar surface area (TPSA) is 62.3 Å². The first-order chi connectivity index (χ1) is 9.43. The molecular weight excluding hydrogens is 322 g/mol. The highest BCUT2D eigenvalue weighted by molar-refractivity contribution is 9.10. The van der Waals surface area contributed by atoms with Crippen LogP contribution in [0.5, 0.6) is 0 Å². The maximum Gasteiger partial charge on any atom is 0.252 e. The SMILES string of the molecule is CCC(C)N1C(=O)CC(Nc2ncc(Br)cc2C)C1=O. The molecule has 2 rings (SSSR count). The number of carbonyl (C=O) groups excluding carboxylic acids is 2. The number of carbonyl (C=O) groups is 2. The fourth-order valence-corrected chi connectivity index (χ4v) is 2.71. The van der Waals surface area contributed by atoms with Gasteiger partial charge in [-0.05, 0) is 47.8 Å². The van der Waals surface area contributed by atoms with Crippen LogP contribution in [-0.2, 0) is 9.59 Å². The van der Waals surface area contributed by atoms with Gasteiger partial charge in [-0.2, -0.15) is 0 Å². The predicted molar refractivity (Wildman–Crippen MR) is 80.3 cm³/mol. The molecule has 2 atom stereocenters. The van der Waals surface area contributed by atoms with Crippen molar-refractivity contribution in [2.24, 2.45) is 0 Å². The molecule has 1 aliphatic rings. The number of pyridine rings is 1. The number of likely N-dealkylation sites (tertiary alicyclic amines) is 1. The Kier molecular flexibility index (Phi) is 4.42. The Hall–Kier alpha value is -1.43. The van der Waals surface area contributed by atoms with Crippen molar-refractivity contribution in [2.75, 3.05) is 5.32 Å². The minimum atomic E-state index is -0.510. The van der Waals surface area contributed by atoms with Gasteiger partial charge in [-0.1, -0.05) is 6.92 Å². The molecule has 2 heterocycles. The van der Waals surface area contributed by atoms with Crippen LogP contribution in [0.15, 0.2) is 16.7 Å². The smallest absolute Gasteiger partial charge is 0.252 e.